The van der Waals surface area contributed by atoms with Gasteiger partial charge in [-0.1, -0.05) is 18.0 Å². The molecule has 0 unspecified atom stereocenters. The largest absolute Gasteiger partial charge is 0.465 e. The molecule has 162 valence electrons. The highest BCUT2D eigenvalue weighted by Gasteiger charge is 2.28. The SMILES string of the molecule is CCOC(=O)c1ccoc1COC(=O)c1cc(S(=O)(=O)N2CCCCC2)ccc1Cl. The van der Waals surface area contributed by atoms with Crippen LogP contribution >= 0.6 is 11.6 Å². The number of nitrogens with zero attached hydrogens (tertiary/aromatic N) is 1. The number of halogens is 1. The van der Waals surface area contributed by atoms with E-state index in [9.17, 15) is 18.0 Å². The molecular weight excluding hydrogens is 434 g/mol. The number of piperidine rings is 1. The van der Waals surface area contributed by atoms with E-state index in [0.717, 1.165) is 19.3 Å². The van der Waals surface area contributed by atoms with Crippen LogP contribution in [0.4, 0.5) is 0 Å². The molecule has 1 fully saturated rings. The van der Waals surface area contributed by atoms with E-state index in [-0.39, 0.29) is 40.0 Å². The van der Waals surface area contributed by atoms with Crippen LogP contribution in [0.1, 0.15) is 52.7 Å². The molecule has 0 bridgehead atoms. The Bertz CT molecular complexity index is 1030. The third-order valence-corrected chi connectivity index (χ3v) is 6.91. The molecule has 1 aliphatic rings. The number of esters is 2. The van der Waals surface area contributed by atoms with Crippen molar-refractivity contribution in [1.82, 2.24) is 4.31 Å². The summed E-state index contributed by atoms with van der Waals surface area (Å²) in [6.45, 7) is 2.42. The van der Waals surface area contributed by atoms with Crippen molar-refractivity contribution in [2.75, 3.05) is 19.7 Å². The molecule has 0 spiro atoms. The van der Waals surface area contributed by atoms with Crippen LogP contribution in [0.25, 0.3) is 0 Å². The standard InChI is InChI=1S/C20H22ClNO7S/c1-2-27-19(23)15-8-11-28-18(15)13-29-20(24)16-12-14(6-7-17(16)21)30(25,26)22-9-4-3-5-10-22/h6-8,11-12H,2-5,9-10,13H2,1H3. The van der Waals surface area contributed by atoms with E-state index in [0.29, 0.717) is 13.1 Å². The summed E-state index contributed by atoms with van der Waals surface area (Å²) in [6.07, 6.45) is 3.88. The highest BCUT2D eigenvalue weighted by atomic mass is 35.5. The van der Waals surface area contributed by atoms with E-state index >= 15 is 0 Å². The molecule has 3 rings (SSSR count). The number of hydrogen-bond acceptors (Lipinski definition) is 7. The summed E-state index contributed by atoms with van der Waals surface area (Å²) in [5.74, 6) is -1.30. The first-order valence-electron chi connectivity index (χ1n) is 9.55. The molecule has 0 saturated carbocycles. The van der Waals surface area contributed by atoms with Gasteiger partial charge in [-0.05, 0) is 44.0 Å². The molecule has 0 radical (unpaired) electrons. The molecule has 1 saturated heterocycles. The van der Waals surface area contributed by atoms with Gasteiger partial charge < -0.3 is 13.9 Å². The topological polar surface area (TPSA) is 103 Å². The normalized spacial score (nSPS) is 15.0. The number of carbonyl (C=O) groups is 2. The molecule has 0 atom stereocenters. The fourth-order valence-corrected chi connectivity index (χ4v) is 4.87. The quantitative estimate of drug-likeness (QED) is 0.587. The van der Waals surface area contributed by atoms with Crippen molar-refractivity contribution in [3.8, 4) is 0 Å². The minimum atomic E-state index is -3.73. The molecule has 0 amide bonds. The van der Waals surface area contributed by atoms with Gasteiger partial charge in [0.05, 0.1) is 28.4 Å². The molecule has 1 aliphatic heterocycles. The molecular formula is C20H22ClNO7S. The van der Waals surface area contributed by atoms with Crippen LogP contribution in [0.15, 0.2) is 39.8 Å². The average molecular weight is 456 g/mol. The molecule has 1 aromatic heterocycles. The summed E-state index contributed by atoms with van der Waals surface area (Å²) in [7, 11) is -3.73. The monoisotopic (exact) mass is 455 g/mol. The Morgan fingerprint density at radius 3 is 2.47 bits per heavy atom. The first-order chi connectivity index (χ1) is 14.3. The maximum absolute atomic E-state index is 12.9. The first-order valence-corrected chi connectivity index (χ1v) is 11.4. The molecule has 2 aromatic rings. The maximum atomic E-state index is 12.9. The summed E-state index contributed by atoms with van der Waals surface area (Å²) in [6, 6.07) is 5.35. The molecule has 2 heterocycles. The molecule has 0 N–H and O–H groups in total. The number of carbonyl (C=O) groups excluding carboxylic acids is 2. The minimum absolute atomic E-state index is 0.0223. The molecule has 8 nitrogen and oxygen atoms in total. The summed E-state index contributed by atoms with van der Waals surface area (Å²) < 4.78 is 42.4. The van der Waals surface area contributed by atoms with E-state index in [1.165, 1.54) is 34.8 Å². The van der Waals surface area contributed by atoms with Crippen LogP contribution in [0.2, 0.25) is 5.02 Å². The van der Waals surface area contributed by atoms with Gasteiger partial charge in [-0.15, -0.1) is 0 Å². The average Bonchev–Trinajstić information content (AvgIpc) is 3.22. The van der Waals surface area contributed by atoms with E-state index in [1.54, 1.807) is 6.92 Å². The van der Waals surface area contributed by atoms with Gasteiger partial charge in [-0.2, -0.15) is 4.31 Å². The van der Waals surface area contributed by atoms with Gasteiger partial charge in [0, 0.05) is 13.1 Å². The zero-order valence-corrected chi connectivity index (χ0v) is 18.0. The van der Waals surface area contributed by atoms with Gasteiger partial charge in [0.25, 0.3) is 0 Å². The van der Waals surface area contributed by atoms with Crippen LogP contribution in [0, 0.1) is 0 Å². The Morgan fingerprint density at radius 1 is 1.07 bits per heavy atom. The van der Waals surface area contributed by atoms with Crippen molar-refractivity contribution >= 4 is 33.6 Å². The number of sulfonamides is 1. The lowest BCUT2D eigenvalue weighted by atomic mass is 10.2. The van der Waals surface area contributed by atoms with Gasteiger partial charge in [-0.3, -0.25) is 0 Å². The highest BCUT2D eigenvalue weighted by Crippen LogP contribution is 2.26. The van der Waals surface area contributed by atoms with E-state index in [4.69, 9.17) is 25.5 Å². The van der Waals surface area contributed by atoms with E-state index in [2.05, 4.69) is 0 Å². The second kappa shape index (κ2) is 9.63. The van der Waals surface area contributed by atoms with Crippen LogP contribution in [-0.4, -0.2) is 44.4 Å². The number of ether oxygens (including phenoxy) is 2. The lowest BCUT2D eigenvalue weighted by Gasteiger charge is -2.26. The molecule has 30 heavy (non-hydrogen) atoms. The maximum Gasteiger partial charge on any atom is 0.341 e. The molecule has 1 aromatic carbocycles. The Hall–Kier alpha value is -2.36. The third-order valence-electron chi connectivity index (χ3n) is 4.69. The van der Waals surface area contributed by atoms with Crippen molar-refractivity contribution < 1.29 is 31.9 Å². The second-order valence-electron chi connectivity index (χ2n) is 6.66. The van der Waals surface area contributed by atoms with Crippen LogP contribution in [0.3, 0.4) is 0 Å². The molecule has 0 aliphatic carbocycles. The lowest BCUT2D eigenvalue weighted by Crippen LogP contribution is -2.35. The fourth-order valence-electron chi connectivity index (χ4n) is 3.13. The van der Waals surface area contributed by atoms with Gasteiger partial charge in [0.15, 0.2) is 12.4 Å². The van der Waals surface area contributed by atoms with Crippen LogP contribution < -0.4 is 0 Å². The minimum Gasteiger partial charge on any atom is -0.465 e. The zero-order chi connectivity index (χ0) is 21.7. The number of furan rings is 1. The highest BCUT2D eigenvalue weighted by molar-refractivity contribution is 7.89. The van der Waals surface area contributed by atoms with Gasteiger partial charge in [0.1, 0.15) is 5.56 Å². The van der Waals surface area contributed by atoms with Crippen molar-refractivity contribution in [3.05, 3.63) is 52.4 Å². The predicted molar refractivity (Wildman–Crippen MR) is 108 cm³/mol. The smallest absolute Gasteiger partial charge is 0.341 e. The Balaban J connectivity index is 1.76. The second-order valence-corrected chi connectivity index (χ2v) is 9.01. The number of hydrogen-bond donors (Lipinski definition) is 0. The van der Waals surface area contributed by atoms with Crippen LogP contribution in [-0.2, 0) is 26.1 Å². The summed E-state index contributed by atoms with van der Waals surface area (Å²) >= 11 is 6.10. The number of rotatable bonds is 7. The van der Waals surface area contributed by atoms with Crippen molar-refractivity contribution in [2.45, 2.75) is 37.7 Å². The number of benzene rings is 1. The van der Waals surface area contributed by atoms with Crippen LogP contribution in [0.5, 0.6) is 0 Å². The van der Waals surface area contributed by atoms with Gasteiger partial charge >= 0.3 is 11.9 Å². The van der Waals surface area contributed by atoms with Crippen molar-refractivity contribution in [3.63, 3.8) is 0 Å². The van der Waals surface area contributed by atoms with Crippen molar-refractivity contribution in [2.24, 2.45) is 0 Å². The first kappa shape index (κ1) is 22.3. The van der Waals surface area contributed by atoms with Gasteiger partial charge in [0.2, 0.25) is 10.0 Å². The summed E-state index contributed by atoms with van der Waals surface area (Å²) in [5, 5.41) is 0.0580. The van der Waals surface area contributed by atoms with Crippen molar-refractivity contribution in [1.29, 1.82) is 0 Å². The third kappa shape index (κ3) is 4.85. The Morgan fingerprint density at radius 2 is 1.77 bits per heavy atom. The van der Waals surface area contributed by atoms with E-state index < -0.39 is 22.0 Å². The Labute approximate surface area is 179 Å². The summed E-state index contributed by atoms with van der Waals surface area (Å²) in [5.41, 5.74) is 0.0659. The van der Waals surface area contributed by atoms with E-state index in [1.807, 2.05) is 0 Å². The Kier molecular flexibility index (Phi) is 7.17. The fraction of sp³-hybridized carbons (Fsp3) is 0.400. The van der Waals surface area contributed by atoms with Gasteiger partial charge in [-0.25, -0.2) is 18.0 Å². The summed E-state index contributed by atoms with van der Waals surface area (Å²) in [4.78, 5) is 24.4. The predicted octanol–water partition coefficient (Wildman–Crippen LogP) is 3.64. The molecule has 10 heteroatoms. The zero-order valence-electron chi connectivity index (χ0n) is 16.4. The lowest BCUT2D eigenvalue weighted by molar-refractivity contribution is 0.0422.